The fourth-order valence-electron chi connectivity index (χ4n) is 2.13. The third-order valence-electron chi connectivity index (χ3n) is 3.08. The lowest BCUT2D eigenvalue weighted by Crippen LogP contribution is -2.30. The van der Waals surface area contributed by atoms with Crippen LogP contribution in [-0.4, -0.2) is 23.5 Å². The summed E-state index contributed by atoms with van der Waals surface area (Å²) < 4.78 is 0. The molecule has 0 aliphatic rings. The molecule has 4 nitrogen and oxygen atoms in total. The number of carboxylic acid groups (broad SMARTS) is 1. The van der Waals surface area contributed by atoms with Crippen molar-refractivity contribution < 1.29 is 14.7 Å². The summed E-state index contributed by atoms with van der Waals surface area (Å²) in [5.41, 5.74) is 0.753. The van der Waals surface area contributed by atoms with Gasteiger partial charge in [0.2, 0.25) is 5.91 Å². The molecule has 0 aliphatic heterocycles. The van der Waals surface area contributed by atoms with E-state index in [0.717, 1.165) is 12.8 Å². The second kappa shape index (κ2) is 7.68. The van der Waals surface area contributed by atoms with Crippen molar-refractivity contribution in [2.45, 2.75) is 39.5 Å². The molecule has 1 aromatic carbocycles. The number of hydrogen-bond donors (Lipinski definition) is 2. The predicted molar refractivity (Wildman–Crippen MR) is 78.4 cm³/mol. The number of aryl methyl sites for hydroxylation is 1. The first-order chi connectivity index (χ1) is 9.39. The molecule has 0 unspecified atom stereocenters. The Morgan fingerprint density at radius 3 is 2.40 bits per heavy atom. The Morgan fingerprint density at radius 1 is 1.15 bits per heavy atom. The topological polar surface area (TPSA) is 66.4 Å². The minimum Gasteiger partial charge on any atom is -0.481 e. The van der Waals surface area contributed by atoms with Crippen molar-refractivity contribution in [3.8, 4) is 0 Å². The molecule has 0 saturated heterocycles. The zero-order chi connectivity index (χ0) is 15.0. The van der Waals surface area contributed by atoms with Crippen LogP contribution in [0.1, 0.15) is 38.7 Å². The zero-order valence-corrected chi connectivity index (χ0v) is 12.2. The monoisotopic (exact) mass is 277 g/mol. The van der Waals surface area contributed by atoms with Crippen LogP contribution in [0.2, 0.25) is 0 Å². The minimum absolute atomic E-state index is 0.00440. The molecule has 0 spiro atoms. The maximum Gasteiger partial charge on any atom is 0.303 e. The summed E-state index contributed by atoms with van der Waals surface area (Å²) in [6, 6.07) is 10.1. The summed E-state index contributed by atoms with van der Waals surface area (Å²) in [6.45, 7) is 4.21. The van der Waals surface area contributed by atoms with E-state index in [-0.39, 0.29) is 18.7 Å². The molecule has 1 amide bonds. The van der Waals surface area contributed by atoms with E-state index in [1.54, 1.807) is 13.8 Å². The van der Waals surface area contributed by atoms with E-state index < -0.39 is 11.4 Å². The van der Waals surface area contributed by atoms with Crippen LogP contribution in [0, 0.1) is 5.41 Å². The predicted octanol–water partition coefficient (Wildman–Crippen LogP) is 2.63. The summed E-state index contributed by atoms with van der Waals surface area (Å²) in [7, 11) is 0. The van der Waals surface area contributed by atoms with Crippen LogP contribution in [0.4, 0.5) is 0 Å². The molecule has 0 saturated carbocycles. The third-order valence-corrected chi connectivity index (χ3v) is 3.08. The van der Waals surface area contributed by atoms with Gasteiger partial charge >= 0.3 is 5.97 Å². The normalized spacial score (nSPS) is 11.1. The second-order valence-electron chi connectivity index (χ2n) is 5.85. The van der Waals surface area contributed by atoms with Gasteiger partial charge in [-0.25, -0.2) is 0 Å². The van der Waals surface area contributed by atoms with Crippen molar-refractivity contribution >= 4 is 11.9 Å². The highest BCUT2D eigenvalue weighted by molar-refractivity contribution is 5.77. The van der Waals surface area contributed by atoms with Crippen LogP contribution in [-0.2, 0) is 16.0 Å². The minimum atomic E-state index is -0.869. The highest BCUT2D eigenvalue weighted by atomic mass is 16.4. The summed E-state index contributed by atoms with van der Waals surface area (Å²) in [4.78, 5) is 22.4. The number of carboxylic acids is 1. The Labute approximate surface area is 120 Å². The van der Waals surface area contributed by atoms with E-state index in [0.29, 0.717) is 6.54 Å². The van der Waals surface area contributed by atoms with Gasteiger partial charge in [-0.05, 0) is 23.8 Å². The first kappa shape index (κ1) is 16.2. The smallest absolute Gasteiger partial charge is 0.303 e. The fourth-order valence-corrected chi connectivity index (χ4v) is 2.13. The molecule has 1 aromatic rings. The van der Waals surface area contributed by atoms with Gasteiger partial charge < -0.3 is 10.4 Å². The van der Waals surface area contributed by atoms with Gasteiger partial charge in [0.05, 0.1) is 6.42 Å². The number of carbonyl (C=O) groups excluding carboxylic acids is 1. The van der Waals surface area contributed by atoms with Gasteiger partial charge in [-0.15, -0.1) is 0 Å². The number of benzene rings is 1. The Bertz CT molecular complexity index is 440. The highest BCUT2D eigenvalue weighted by Gasteiger charge is 2.24. The lowest BCUT2D eigenvalue weighted by Gasteiger charge is -2.21. The van der Waals surface area contributed by atoms with Gasteiger partial charge in [-0.3, -0.25) is 9.59 Å². The molecule has 2 N–H and O–H groups in total. The van der Waals surface area contributed by atoms with Crippen LogP contribution in [0.15, 0.2) is 30.3 Å². The van der Waals surface area contributed by atoms with Gasteiger partial charge in [-0.1, -0.05) is 44.2 Å². The van der Waals surface area contributed by atoms with Crippen LogP contribution in [0.25, 0.3) is 0 Å². The van der Waals surface area contributed by atoms with Crippen molar-refractivity contribution in [2.75, 3.05) is 6.54 Å². The Hall–Kier alpha value is -1.84. The van der Waals surface area contributed by atoms with Gasteiger partial charge in [0, 0.05) is 13.0 Å². The van der Waals surface area contributed by atoms with E-state index >= 15 is 0 Å². The third kappa shape index (κ3) is 6.92. The van der Waals surface area contributed by atoms with Gasteiger partial charge in [0.1, 0.15) is 0 Å². The number of amides is 1. The number of carbonyl (C=O) groups is 2. The molecule has 0 atom stereocenters. The summed E-state index contributed by atoms with van der Waals surface area (Å²) in [6.07, 6.45) is 2.06. The highest BCUT2D eigenvalue weighted by Crippen LogP contribution is 2.24. The molecular weight excluding hydrogens is 254 g/mol. The van der Waals surface area contributed by atoms with Crippen LogP contribution in [0.3, 0.4) is 0 Å². The molecule has 0 aromatic heterocycles. The standard InChI is InChI=1S/C16H23NO3/c1-16(2,12-15(19)20)11-14(18)17-10-6-9-13-7-4-3-5-8-13/h3-5,7-8H,6,9-12H2,1-2H3,(H,17,18)(H,19,20). The second-order valence-corrected chi connectivity index (χ2v) is 5.85. The van der Waals surface area contributed by atoms with E-state index in [1.807, 2.05) is 18.2 Å². The number of aliphatic carboxylic acids is 1. The summed E-state index contributed by atoms with van der Waals surface area (Å²) >= 11 is 0. The summed E-state index contributed by atoms with van der Waals surface area (Å²) in [5.74, 6) is -0.948. The molecular formula is C16H23NO3. The first-order valence-corrected chi connectivity index (χ1v) is 6.91. The van der Waals surface area contributed by atoms with Crippen molar-refractivity contribution in [3.63, 3.8) is 0 Å². The zero-order valence-electron chi connectivity index (χ0n) is 12.2. The average Bonchev–Trinajstić information content (AvgIpc) is 2.33. The first-order valence-electron chi connectivity index (χ1n) is 6.91. The van der Waals surface area contributed by atoms with Gasteiger partial charge in [0.25, 0.3) is 0 Å². The Morgan fingerprint density at radius 2 is 1.80 bits per heavy atom. The number of rotatable bonds is 8. The van der Waals surface area contributed by atoms with E-state index in [2.05, 4.69) is 17.4 Å². The van der Waals surface area contributed by atoms with E-state index in [4.69, 9.17) is 5.11 Å². The van der Waals surface area contributed by atoms with Crippen molar-refractivity contribution in [1.82, 2.24) is 5.32 Å². The van der Waals surface area contributed by atoms with Crippen LogP contribution >= 0.6 is 0 Å². The van der Waals surface area contributed by atoms with Crippen LogP contribution < -0.4 is 5.32 Å². The van der Waals surface area contributed by atoms with Crippen LogP contribution in [0.5, 0.6) is 0 Å². The van der Waals surface area contributed by atoms with Gasteiger partial charge in [0.15, 0.2) is 0 Å². The van der Waals surface area contributed by atoms with Gasteiger partial charge in [-0.2, -0.15) is 0 Å². The molecule has 0 heterocycles. The largest absolute Gasteiger partial charge is 0.481 e. The lowest BCUT2D eigenvalue weighted by atomic mass is 9.85. The van der Waals surface area contributed by atoms with Crippen molar-refractivity contribution in [3.05, 3.63) is 35.9 Å². The maximum atomic E-state index is 11.7. The number of nitrogens with one attached hydrogen (secondary N) is 1. The molecule has 0 aliphatic carbocycles. The molecule has 0 radical (unpaired) electrons. The van der Waals surface area contributed by atoms with Crippen molar-refractivity contribution in [1.29, 1.82) is 0 Å². The molecule has 1 rings (SSSR count). The molecule has 110 valence electrons. The molecule has 20 heavy (non-hydrogen) atoms. The Balaban J connectivity index is 2.22. The Kier molecular flexibility index (Phi) is 6.22. The average molecular weight is 277 g/mol. The van der Waals surface area contributed by atoms with E-state index in [1.165, 1.54) is 5.56 Å². The van der Waals surface area contributed by atoms with Crippen molar-refractivity contribution in [2.24, 2.45) is 5.41 Å². The lowest BCUT2D eigenvalue weighted by molar-refractivity contribution is -0.139. The maximum absolute atomic E-state index is 11.7. The molecule has 0 fully saturated rings. The fraction of sp³-hybridized carbons (Fsp3) is 0.500. The SMILES string of the molecule is CC(C)(CC(=O)O)CC(=O)NCCCc1ccccc1. The number of hydrogen-bond acceptors (Lipinski definition) is 2. The van der Waals surface area contributed by atoms with E-state index in [9.17, 15) is 9.59 Å². The molecule has 4 heteroatoms. The quantitative estimate of drug-likeness (QED) is 0.718. The molecule has 0 bridgehead atoms. The summed E-state index contributed by atoms with van der Waals surface area (Å²) in [5, 5.41) is 11.6.